The molecule has 31 heavy (non-hydrogen) atoms. The van der Waals surface area contributed by atoms with Gasteiger partial charge in [0.15, 0.2) is 0 Å². The molecular weight excluding hydrogens is 410 g/mol. The Labute approximate surface area is 188 Å². The number of nitrogens with one attached hydrogen (secondary N) is 1. The van der Waals surface area contributed by atoms with Crippen molar-refractivity contribution in [1.29, 1.82) is 0 Å². The number of benzene rings is 2. The zero-order valence-corrected chi connectivity index (χ0v) is 18.4. The molecule has 2 aromatic carbocycles. The van der Waals surface area contributed by atoms with Crippen molar-refractivity contribution in [2.75, 3.05) is 19.6 Å². The van der Waals surface area contributed by atoms with Crippen LogP contribution in [0.2, 0.25) is 5.02 Å². The molecule has 1 fully saturated rings. The van der Waals surface area contributed by atoms with Crippen LogP contribution in [0.1, 0.15) is 24.8 Å². The van der Waals surface area contributed by atoms with Crippen LogP contribution in [0.3, 0.4) is 0 Å². The normalized spacial score (nSPS) is 16.6. The van der Waals surface area contributed by atoms with Gasteiger partial charge in [0.2, 0.25) is 11.8 Å². The summed E-state index contributed by atoms with van der Waals surface area (Å²) in [4.78, 5) is 26.8. The highest BCUT2D eigenvalue weighted by Crippen LogP contribution is 2.19. The number of aromatic nitrogens is 1. The van der Waals surface area contributed by atoms with Crippen LogP contribution in [0.5, 0.6) is 0 Å². The lowest BCUT2D eigenvalue weighted by Crippen LogP contribution is -2.46. The molecule has 2 heterocycles. The fourth-order valence-corrected chi connectivity index (χ4v) is 4.33. The molecule has 2 amide bonds. The van der Waals surface area contributed by atoms with Crippen molar-refractivity contribution in [3.05, 3.63) is 71.4 Å². The van der Waals surface area contributed by atoms with Gasteiger partial charge in [0.25, 0.3) is 0 Å². The first-order valence-corrected chi connectivity index (χ1v) is 11.3. The number of nitrogens with zero attached hydrogens (tertiary/aromatic N) is 2. The fourth-order valence-electron chi connectivity index (χ4n) is 4.20. The number of carbonyl (C=O) groups is 2. The highest BCUT2D eigenvalue weighted by molar-refractivity contribution is 6.30. The Balaban J connectivity index is 1.22. The van der Waals surface area contributed by atoms with Crippen molar-refractivity contribution in [1.82, 2.24) is 14.8 Å². The lowest BCUT2D eigenvalue weighted by atomic mass is 9.96. The van der Waals surface area contributed by atoms with Crippen LogP contribution in [0.25, 0.3) is 10.9 Å². The maximum atomic E-state index is 12.7. The molecule has 162 valence electrons. The van der Waals surface area contributed by atoms with Gasteiger partial charge in [-0.2, -0.15) is 0 Å². The van der Waals surface area contributed by atoms with E-state index in [2.05, 4.69) is 34.3 Å². The highest BCUT2D eigenvalue weighted by Gasteiger charge is 2.29. The number of likely N-dealkylation sites (tertiary alicyclic amines) is 1. The van der Waals surface area contributed by atoms with Gasteiger partial charge in [-0.05, 0) is 54.5 Å². The van der Waals surface area contributed by atoms with Crippen molar-refractivity contribution in [3.8, 4) is 0 Å². The first-order chi connectivity index (χ1) is 15.1. The van der Waals surface area contributed by atoms with Crippen molar-refractivity contribution >= 4 is 34.3 Å². The van der Waals surface area contributed by atoms with E-state index in [1.807, 2.05) is 41.3 Å². The standard InChI is InChI=1S/C25H28ClN3O2/c26-22-9-6-19(7-10-22)12-16-29-18-21(8-11-24(29)30)25(31)27-14-3-15-28-17-13-20-4-1-2-5-23(20)28/h1-2,4-7,9-10,13,17,21H,3,8,11-12,14-16,18H2,(H,27,31)/t21-/m0/s1. The predicted octanol–water partition coefficient (Wildman–Crippen LogP) is 4.28. The topological polar surface area (TPSA) is 54.3 Å². The molecule has 0 spiro atoms. The van der Waals surface area contributed by atoms with Gasteiger partial charge in [0.1, 0.15) is 0 Å². The summed E-state index contributed by atoms with van der Waals surface area (Å²) in [6.07, 6.45) is 4.80. The number of rotatable bonds is 8. The molecule has 1 atom stereocenters. The largest absolute Gasteiger partial charge is 0.356 e. The molecule has 0 aliphatic carbocycles. The highest BCUT2D eigenvalue weighted by atomic mass is 35.5. The maximum Gasteiger partial charge on any atom is 0.224 e. The summed E-state index contributed by atoms with van der Waals surface area (Å²) in [5.41, 5.74) is 2.36. The summed E-state index contributed by atoms with van der Waals surface area (Å²) < 4.78 is 2.22. The van der Waals surface area contributed by atoms with Crippen molar-refractivity contribution in [2.45, 2.75) is 32.2 Å². The lowest BCUT2D eigenvalue weighted by molar-refractivity contribution is -0.138. The number of carbonyl (C=O) groups excluding carboxylic acids is 2. The molecule has 1 aromatic heterocycles. The maximum absolute atomic E-state index is 12.7. The molecule has 4 rings (SSSR count). The zero-order chi connectivity index (χ0) is 21.6. The van der Waals surface area contributed by atoms with E-state index in [9.17, 15) is 9.59 Å². The second kappa shape index (κ2) is 10.0. The molecule has 1 aliphatic rings. The van der Waals surface area contributed by atoms with Crippen LogP contribution < -0.4 is 5.32 Å². The quantitative estimate of drug-likeness (QED) is 0.535. The van der Waals surface area contributed by atoms with E-state index in [1.54, 1.807) is 0 Å². The smallest absolute Gasteiger partial charge is 0.224 e. The van der Waals surface area contributed by atoms with E-state index in [0.29, 0.717) is 37.5 Å². The van der Waals surface area contributed by atoms with Crippen LogP contribution in [0, 0.1) is 5.92 Å². The molecule has 1 aliphatic heterocycles. The van der Waals surface area contributed by atoms with E-state index in [-0.39, 0.29) is 17.7 Å². The van der Waals surface area contributed by atoms with Gasteiger partial charge >= 0.3 is 0 Å². The number of fused-ring (bicyclic) bond motifs is 1. The lowest BCUT2D eigenvalue weighted by Gasteiger charge is -2.32. The van der Waals surface area contributed by atoms with Crippen LogP contribution in [-0.4, -0.2) is 40.9 Å². The Morgan fingerprint density at radius 3 is 2.71 bits per heavy atom. The minimum absolute atomic E-state index is 0.0568. The molecule has 3 aromatic rings. The van der Waals surface area contributed by atoms with E-state index in [4.69, 9.17) is 11.6 Å². The van der Waals surface area contributed by atoms with Crippen molar-refractivity contribution in [3.63, 3.8) is 0 Å². The van der Waals surface area contributed by atoms with Gasteiger partial charge in [-0.15, -0.1) is 0 Å². The summed E-state index contributed by atoms with van der Waals surface area (Å²) >= 11 is 5.93. The number of para-hydroxylation sites is 1. The van der Waals surface area contributed by atoms with Gasteiger partial charge in [0.05, 0.1) is 5.92 Å². The first kappa shape index (κ1) is 21.4. The Kier molecular flexibility index (Phi) is 6.92. The van der Waals surface area contributed by atoms with Gasteiger partial charge in [-0.1, -0.05) is 41.9 Å². The summed E-state index contributed by atoms with van der Waals surface area (Å²) in [6.45, 7) is 2.64. The molecule has 6 heteroatoms. The second-order valence-corrected chi connectivity index (χ2v) is 8.60. The molecule has 5 nitrogen and oxygen atoms in total. The second-order valence-electron chi connectivity index (χ2n) is 8.16. The van der Waals surface area contributed by atoms with E-state index in [0.717, 1.165) is 24.9 Å². The zero-order valence-electron chi connectivity index (χ0n) is 17.6. The summed E-state index contributed by atoms with van der Waals surface area (Å²) in [5, 5.41) is 5.01. The van der Waals surface area contributed by atoms with E-state index >= 15 is 0 Å². The van der Waals surface area contributed by atoms with Crippen molar-refractivity contribution in [2.24, 2.45) is 5.92 Å². The summed E-state index contributed by atoms with van der Waals surface area (Å²) in [6, 6.07) is 18.1. The Bertz CT molecular complexity index is 1040. The minimum Gasteiger partial charge on any atom is -0.356 e. The monoisotopic (exact) mass is 437 g/mol. The molecule has 0 unspecified atom stereocenters. The third-order valence-corrected chi connectivity index (χ3v) is 6.26. The number of piperidine rings is 1. The number of hydrogen-bond acceptors (Lipinski definition) is 2. The third kappa shape index (κ3) is 5.47. The average molecular weight is 438 g/mol. The van der Waals surface area contributed by atoms with Crippen molar-refractivity contribution < 1.29 is 9.59 Å². The first-order valence-electron chi connectivity index (χ1n) is 10.9. The molecule has 1 saturated heterocycles. The van der Waals surface area contributed by atoms with Gasteiger partial charge in [-0.25, -0.2) is 0 Å². The van der Waals surface area contributed by atoms with Gasteiger partial charge < -0.3 is 14.8 Å². The molecule has 0 bridgehead atoms. The Morgan fingerprint density at radius 1 is 1.06 bits per heavy atom. The molecule has 0 radical (unpaired) electrons. The van der Waals surface area contributed by atoms with E-state index < -0.39 is 0 Å². The minimum atomic E-state index is -0.129. The van der Waals surface area contributed by atoms with Crippen LogP contribution in [0.4, 0.5) is 0 Å². The third-order valence-electron chi connectivity index (χ3n) is 6.01. The van der Waals surface area contributed by atoms with Crippen LogP contribution in [-0.2, 0) is 22.6 Å². The molecular formula is C25H28ClN3O2. The van der Waals surface area contributed by atoms with E-state index in [1.165, 1.54) is 10.9 Å². The predicted molar refractivity (Wildman–Crippen MR) is 124 cm³/mol. The molecule has 0 saturated carbocycles. The van der Waals surface area contributed by atoms with Gasteiger partial charge in [0, 0.05) is 49.3 Å². The average Bonchev–Trinajstić information content (AvgIpc) is 3.20. The SMILES string of the molecule is O=C(NCCCn1ccc2ccccc21)[C@H]1CCC(=O)N(CCc2ccc(Cl)cc2)C1. The van der Waals surface area contributed by atoms with Crippen LogP contribution >= 0.6 is 11.6 Å². The molecule has 1 N–H and O–H groups in total. The summed E-state index contributed by atoms with van der Waals surface area (Å²) in [5.74, 6) is 0.0641. The fraction of sp³-hybridized carbons (Fsp3) is 0.360. The number of amides is 2. The van der Waals surface area contributed by atoms with Gasteiger partial charge in [-0.3, -0.25) is 9.59 Å². The number of halogens is 1. The summed E-state index contributed by atoms with van der Waals surface area (Å²) in [7, 11) is 0. The Morgan fingerprint density at radius 2 is 1.87 bits per heavy atom. The Hall–Kier alpha value is -2.79. The number of hydrogen-bond donors (Lipinski definition) is 1. The van der Waals surface area contributed by atoms with Crippen LogP contribution in [0.15, 0.2) is 60.8 Å². The number of aryl methyl sites for hydroxylation is 1.